The van der Waals surface area contributed by atoms with Crippen LogP contribution in [0.1, 0.15) is 15.7 Å². The van der Waals surface area contributed by atoms with Crippen LogP contribution in [-0.2, 0) is 14.4 Å². The van der Waals surface area contributed by atoms with E-state index in [-0.39, 0.29) is 31.4 Å². The zero-order valence-corrected chi connectivity index (χ0v) is 9.05. The first-order chi connectivity index (χ1) is 5.78. The molecule has 0 aliphatic carbocycles. The van der Waals surface area contributed by atoms with E-state index in [1.165, 1.54) is 0 Å². The molecular formula is C6H12MgO8. The Bertz CT molecular complexity index is 242. The van der Waals surface area contributed by atoms with Gasteiger partial charge in [-0.3, -0.25) is 9.59 Å². The third-order valence-electron chi connectivity index (χ3n) is 1.29. The summed E-state index contributed by atoms with van der Waals surface area (Å²) in [5, 5.41) is 33.8. The van der Waals surface area contributed by atoms with E-state index < -0.39 is 36.4 Å². The fourth-order valence-electron chi connectivity index (χ4n) is 0.714. The van der Waals surface area contributed by atoms with Gasteiger partial charge in [0.25, 0.3) is 0 Å². The Balaban J connectivity index is -0.000000120. The monoisotopic (exact) mass is 236 g/mol. The van der Waals surface area contributed by atoms with Gasteiger partial charge in [-0.15, -0.1) is 0 Å². The van der Waals surface area contributed by atoms with Crippen molar-refractivity contribution in [1.29, 1.82) is 0 Å². The minimum atomic E-state index is -2.74. The number of hydrogen-bond donors (Lipinski definition) is 4. The minimum Gasteiger partial charge on any atom is -1.00 e. The van der Waals surface area contributed by atoms with Crippen LogP contribution in [0, 0.1) is 0 Å². The van der Waals surface area contributed by atoms with Crippen LogP contribution in [0.3, 0.4) is 0 Å². The second-order valence-corrected chi connectivity index (χ2v) is 2.48. The van der Waals surface area contributed by atoms with E-state index in [1.54, 1.807) is 0 Å². The van der Waals surface area contributed by atoms with Crippen molar-refractivity contribution in [1.82, 2.24) is 0 Å². The fraction of sp³-hybridized carbons (Fsp3) is 0.500. The van der Waals surface area contributed by atoms with Crippen LogP contribution in [0.25, 0.3) is 0 Å². The summed E-state index contributed by atoms with van der Waals surface area (Å²) in [5.74, 6) is -5.02. The Morgan fingerprint density at radius 2 is 1.27 bits per heavy atom. The number of rotatable bonds is 5. The van der Waals surface area contributed by atoms with Crippen molar-refractivity contribution in [3.05, 3.63) is 0 Å². The van der Waals surface area contributed by atoms with Crippen molar-refractivity contribution in [3.63, 3.8) is 0 Å². The van der Waals surface area contributed by atoms with E-state index in [1.807, 2.05) is 0 Å². The summed E-state index contributed by atoms with van der Waals surface area (Å²) in [4.78, 5) is 30.5. The Morgan fingerprint density at radius 1 is 1.00 bits per heavy atom. The number of hydrogen-bond acceptors (Lipinski definition) is 4. The topological polar surface area (TPSA) is 164 Å². The van der Waals surface area contributed by atoms with Crippen molar-refractivity contribution in [2.45, 2.75) is 18.4 Å². The van der Waals surface area contributed by atoms with E-state index in [4.69, 9.17) is 20.4 Å². The van der Waals surface area contributed by atoms with Gasteiger partial charge in [0.15, 0.2) is 5.60 Å². The molecule has 0 bridgehead atoms. The SMILES string of the molecule is O.O=C(O)CC(O)(CC(=O)O)C(=O)O.[H-].[H-].[Mg+2]. The molecule has 8 nitrogen and oxygen atoms in total. The van der Waals surface area contributed by atoms with Crippen molar-refractivity contribution in [2.75, 3.05) is 0 Å². The molecular weight excluding hydrogens is 224 g/mol. The molecule has 0 aromatic carbocycles. The molecule has 9 heteroatoms. The molecule has 0 saturated carbocycles. The van der Waals surface area contributed by atoms with Gasteiger partial charge in [0.05, 0.1) is 12.8 Å². The first kappa shape index (κ1) is 19.6. The first-order valence-corrected chi connectivity index (χ1v) is 3.17. The molecule has 0 aromatic heterocycles. The predicted octanol–water partition coefficient (Wildman–Crippen LogP) is -2.23. The Labute approximate surface area is 103 Å². The molecule has 0 saturated heterocycles. The zero-order chi connectivity index (χ0) is 10.6. The summed E-state index contributed by atoms with van der Waals surface area (Å²) < 4.78 is 0. The van der Waals surface area contributed by atoms with Gasteiger partial charge in [-0.2, -0.15) is 0 Å². The number of aliphatic carboxylic acids is 3. The van der Waals surface area contributed by atoms with Crippen LogP contribution in [-0.4, -0.2) is 72.5 Å². The van der Waals surface area contributed by atoms with Gasteiger partial charge in [-0.05, 0) is 0 Å². The van der Waals surface area contributed by atoms with Crippen molar-refractivity contribution in [2.24, 2.45) is 0 Å². The normalized spacial score (nSPS) is 9.40. The van der Waals surface area contributed by atoms with E-state index >= 15 is 0 Å². The molecule has 0 aromatic rings. The smallest absolute Gasteiger partial charge is 1.00 e. The second kappa shape index (κ2) is 7.40. The van der Waals surface area contributed by atoms with Crippen molar-refractivity contribution < 1.29 is 43.1 Å². The standard InChI is InChI=1S/C6H8O7.Mg.H2O.2H/c7-3(8)1-6(13,5(11)12)2-4(9)10;;;;/h13H,1-2H2,(H,7,8)(H,9,10)(H,11,12);;1H2;;/q;+2;;2*-1. The maximum Gasteiger partial charge on any atom is 2.00 e. The van der Waals surface area contributed by atoms with Gasteiger partial charge in [-0.1, -0.05) is 0 Å². The van der Waals surface area contributed by atoms with E-state index in [0.29, 0.717) is 0 Å². The van der Waals surface area contributed by atoms with Gasteiger partial charge in [0.1, 0.15) is 0 Å². The van der Waals surface area contributed by atoms with Gasteiger partial charge in [0, 0.05) is 0 Å². The number of carbonyl (C=O) groups is 3. The molecule has 0 amide bonds. The van der Waals surface area contributed by atoms with E-state index in [2.05, 4.69) is 0 Å². The van der Waals surface area contributed by atoms with Crippen molar-refractivity contribution in [3.8, 4) is 0 Å². The van der Waals surface area contributed by atoms with Crippen molar-refractivity contribution >= 4 is 41.0 Å². The number of carboxylic acids is 3. The van der Waals surface area contributed by atoms with E-state index in [0.717, 1.165) is 0 Å². The summed E-state index contributed by atoms with van der Waals surface area (Å²) >= 11 is 0. The summed E-state index contributed by atoms with van der Waals surface area (Å²) in [6.07, 6.45) is -2.29. The first-order valence-electron chi connectivity index (χ1n) is 3.17. The summed E-state index contributed by atoms with van der Waals surface area (Å²) in [6, 6.07) is 0. The quantitative estimate of drug-likeness (QED) is 0.392. The van der Waals surface area contributed by atoms with Gasteiger partial charge in [-0.25, -0.2) is 4.79 Å². The Kier molecular flexibility index (Phi) is 9.68. The second-order valence-electron chi connectivity index (χ2n) is 2.48. The average Bonchev–Trinajstić information content (AvgIpc) is 1.82. The summed E-state index contributed by atoms with van der Waals surface area (Å²) in [6.45, 7) is 0. The van der Waals surface area contributed by atoms with E-state index in [9.17, 15) is 14.4 Å². The zero-order valence-electron chi connectivity index (χ0n) is 9.63. The largest absolute Gasteiger partial charge is 2.00 e. The summed E-state index contributed by atoms with van der Waals surface area (Å²) in [7, 11) is 0. The van der Waals surface area contributed by atoms with Crippen LogP contribution < -0.4 is 0 Å². The third-order valence-corrected chi connectivity index (χ3v) is 1.29. The van der Waals surface area contributed by atoms with Crippen LogP contribution in [0.2, 0.25) is 0 Å². The molecule has 0 rings (SSSR count). The Hall–Kier alpha value is -0.904. The Morgan fingerprint density at radius 3 is 1.40 bits per heavy atom. The molecule has 0 aliphatic rings. The molecule has 0 spiro atoms. The van der Waals surface area contributed by atoms with Gasteiger partial charge < -0.3 is 28.8 Å². The number of aliphatic hydroxyl groups is 1. The van der Waals surface area contributed by atoms with Crippen LogP contribution in [0.5, 0.6) is 0 Å². The fourth-order valence-corrected chi connectivity index (χ4v) is 0.714. The summed E-state index contributed by atoms with van der Waals surface area (Å²) in [5.41, 5.74) is -2.74. The molecule has 6 N–H and O–H groups in total. The van der Waals surface area contributed by atoms with Crippen LogP contribution >= 0.6 is 0 Å². The minimum absolute atomic E-state index is 0. The average molecular weight is 236 g/mol. The maximum atomic E-state index is 10.3. The van der Waals surface area contributed by atoms with Gasteiger partial charge >= 0.3 is 41.0 Å². The molecule has 86 valence electrons. The van der Waals surface area contributed by atoms with Gasteiger partial charge in [0.2, 0.25) is 0 Å². The third kappa shape index (κ3) is 7.08. The molecule has 0 radical (unpaired) electrons. The molecule has 0 fully saturated rings. The number of carboxylic acid groups (broad SMARTS) is 3. The molecule has 15 heavy (non-hydrogen) atoms. The predicted molar refractivity (Wildman–Crippen MR) is 48.7 cm³/mol. The molecule has 0 unspecified atom stereocenters. The molecule has 0 aliphatic heterocycles. The van der Waals surface area contributed by atoms with Crippen LogP contribution in [0.4, 0.5) is 0 Å². The molecule has 0 atom stereocenters. The maximum absolute atomic E-state index is 10.3. The molecule has 0 heterocycles. The van der Waals surface area contributed by atoms with Crippen LogP contribution in [0.15, 0.2) is 0 Å².